The van der Waals surface area contributed by atoms with Crippen molar-refractivity contribution in [3.63, 3.8) is 0 Å². The highest BCUT2D eigenvalue weighted by atomic mass is 35.5. The highest BCUT2D eigenvalue weighted by Gasteiger charge is 2.27. The topological polar surface area (TPSA) is 76.3 Å². The average molecular weight is 418 g/mol. The first-order valence-electron chi connectivity index (χ1n) is 10.6. The Hall–Kier alpha value is -2.21. The van der Waals surface area contributed by atoms with E-state index in [1.54, 1.807) is 0 Å². The summed E-state index contributed by atoms with van der Waals surface area (Å²) in [6.45, 7) is 0.595. The summed E-state index contributed by atoms with van der Waals surface area (Å²) in [6.07, 6.45) is 10.5. The number of aromatic nitrogens is 2. The van der Waals surface area contributed by atoms with E-state index in [1.165, 1.54) is 24.2 Å². The molecule has 2 amide bonds. The fourth-order valence-corrected chi connectivity index (χ4v) is 3.79. The predicted molar refractivity (Wildman–Crippen MR) is 111 cm³/mol. The Kier molecular flexibility index (Phi) is 8.23. The molecule has 0 bridgehead atoms. The van der Waals surface area contributed by atoms with Crippen LogP contribution in [0.4, 0.5) is 0 Å². The minimum Gasteiger partial charge on any atom is -0.421 e. The summed E-state index contributed by atoms with van der Waals surface area (Å²) in [5.74, 6) is 1.12. The van der Waals surface area contributed by atoms with E-state index >= 15 is 0 Å². The van der Waals surface area contributed by atoms with Gasteiger partial charge < -0.3 is 4.42 Å². The van der Waals surface area contributed by atoms with Crippen LogP contribution in [0.1, 0.15) is 70.1 Å². The van der Waals surface area contributed by atoms with Crippen LogP contribution in [0.15, 0.2) is 28.7 Å². The SMILES string of the molecule is O=C1CCC(=O)N1CCCCCCCCCCc1nnc(-c2ccccc2Cl)o1. The quantitative estimate of drug-likeness (QED) is 0.350. The fraction of sp³-hybridized carbons (Fsp3) is 0.545. The van der Waals surface area contributed by atoms with E-state index in [4.69, 9.17) is 16.0 Å². The Balaban J connectivity index is 1.21. The zero-order chi connectivity index (χ0) is 20.5. The monoisotopic (exact) mass is 417 g/mol. The van der Waals surface area contributed by atoms with E-state index in [0.717, 1.165) is 44.1 Å². The average Bonchev–Trinajstić information content (AvgIpc) is 3.31. The van der Waals surface area contributed by atoms with E-state index in [1.807, 2.05) is 24.3 Å². The van der Waals surface area contributed by atoms with Gasteiger partial charge in [0.15, 0.2) is 0 Å². The molecule has 1 aliphatic rings. The standard InChI is InChI=1S/C22H28ClN3O3/c23-18-12-9-8-11-17(18)22-25-24-19(29-22)13-7-5-3-1-2-4-6-10-16-26-20(27)14-15-21(26)28/h8-9,11-12H,1-7,10,13-16H2. The molecule has 1 aromatic heterocycles. The predicted octanol–water partition coefficient (Wildman–Crippen LogP) is 5.20. The summed E-state index contributed by atoms with van der Waals surface area (Å²) in [4.78, 5) is 24.5. The lowest BCUT2D eigenvalue weighted by Crippen LogP contribution is -2.29. The lowest BCUT2D eigenvalue weighted by molar-refractivity contribution is -0.138. The van der Waals surface area contributed by atoms with Crippen LogP contribution in [0, 0.1) is 0 Å². The lowest BCUT2D eigenvalue weighted by Gasteiger charge is -2.12. The number of hydrogen-bond donors (Lipinski definition) is 0. The molecule has 1 fully saturated rings. The van der Waals surface area contributed by atoms with Crippen molar-refractivity contribution in [3.05, 3.63) is 35.2 Å². The van der Waals surface area contributed by atoms with E-state index in [9.17, 15) is 9.59 Å². The van der Waals surface area contributed by atoms with E-state index in [0.29, 0.717) is 36.2 Å². The third-order valence-corrected chi connectivity index (χ3v) is 5.58. The summed E-state index contributed by atoms with van der Waals surface area (Å²) in [5.41, 5.74) is 0.770. The van der Waals surface area contributed by atoms with Crippen molar-refractivity contribution in [2.75, 3.05) is 6.54 Å². The molecular weight excluding hydrogens is 390 g/mol. The van der Waals surface area contributed by atoms with Crippen LogP contribution in [0.25, 0.3) is 11.5 Å². The highest BCUT2D eigenvalue weighted by Crippen LogP contribution is 2.26. The molecule has 7 heteroatoms. The highest BCUT2D eigenvalue weighted by molar-refractivity contribution is 6.33. The van der Waals surface area contributed by atoms with Crippen molar-refractivity contribution in [2.24, 2.45) is 0 Å². The molecule has 0 atom stereocenters. The molecule has 3 rings (SSSR count). The van der Waals surface area contributed by atoms with Gasteiger partial charge in [0, 0.05) is 25.8 Å². The van der Waals surface area contributed by atoms with Crippen molar-refractivity contribution in [2.45, 2.75) is 70.6 Å². The molecule has 1 saturated heterocycles. The van der Waals surface area contributed by atoms with Crippen LogP contribution in [-0.2, 0) is 16.0 Å². The van der Waals surface area contributed by atoms with Gasteiger partial charge in [-0.25, -0.2) is 0 Å². The first kappa shape index (κ1) is 21.5. The summed E-state index contributed by atoms with van der Waals surface area (Å²) < 4.78 is 5.72. The maximum atomic E-state index is 11.5. The number of hydrogen-bond acceptors (Lipinski definition) is 5. The molecule has 29 heavy (non-hydrogen) atoms. The molecule has 0 spiro atoms. The van der Waals surface area contributed by atoms with Gasteiger partial charge in [-0.15, -0.1) is 10.2 Å². The first-order chi connectivity index (χ1) is 14.1. The Bertz CT molecular complexity index is 805. The fourth-order valence-electron chi connectivity index (χ4n) is 3.58. The third-order valence-electron chi connectivity index (χ3n) is 5.25. The number of nitrogens with zero attached hydrogens (tertiary/aromatic N) is 3. The van der Waals surface area contributed by atoms with Crippen molar-refractivity contribution >= 4 is 23.4 Å². The molecule has 0 saturated carbocycles. The van der Waals surface area contributed by atoms with Gasteiger partial charge in [0.05, 0.1) is 10.6 Å². The van der Waals surface area contributed by atoms with Gasteiger partial charge in [0.25, 0.3) is 0 Å². The lowest BCUT2D eigenvalue weighted by atomic mass is 10.1. The molecule has 6 nitrogen and oxygen atoms in total. The Morgan fingerprint density at radius 2 is 1.48 bits per heavy atom. The van der Waals surface area contributed by atoms with Gasteiger partial charge in [0.1, 0.15) is 0 Å². The number of benzene rings is 1. The number of likely N-dealkylation sites (tertiary alicyclic amines) is 1. The van der Waals surface area contributed by atoms with Gasteiger partial charge in [0.2, 0.25) is 23.6 Å². The number of halogens is 1. The van der Waals surface area contributed by atoms with Crippen molar-refractivity contribution in [1.29, 1.82) is 0 Å². The summed E-state index contributed by atoms with van der Waals surface area (Å²) >= 11 is 6.16. The Morgan fingerprint density at radius 3 is 2.17 bits per heavy atom. The Morgan fingerprint density at radius 1 is 0.862 bits per heavy atom. The second kappa shape index (κ2) is 11.1. The third kappa shape index (κ3) is 6.39. The van der Waals surface area contributed by atoms with Crippen LogP contribution < -0.4 is 0 Å². The molecular formula is C22H28ClN3O3. The van der Waals surface area contributed by atoms with Crippen LogP contribution >= 0.6 is 11.6 Å². The van der Waals surface area contributed by atoms with Crippen LogP contribution in [0.2, 0.25) is 5.02 Å². The minimum absolute atomic E-state index is 0.00441. The molecule has 156 valence electrons. The van der Waals surface area contributed by atoms with Gasteiger partial charge in [-0.2, -0.15) is 0 Å². The minimum atomic E-state index is -0.00441. The van der Waals surface area contributed by atoms with Gasteiger partial charge >= 0.3 is 0 Å². The number of unbranched alkanes of at least 4 members (excludes halogenated alkanes) is 7. The van der Waals surface area contributed by atoms with Gasteiger partial charge in [-0.1, -0.05) is 62.3 Å². The van der Waals surface area contributed by atoms with E-state index in [-0.39, 0.29) is 11.8 Å². The second-order valence-electron chi connectivity index (χ2n) is 7.50. The zero-order valence-electron chi connectivity index (χ0n) is 16.7. The van der Waals surface area contributed by atoms with E-state index in [2.05, 4.69) is 10.2 Å². The summed E-state index contributed by atoms with van der Waals surface area (Å²) in [7, 11) is 0. The Labute approximate surface area is 176 Å². The van der Waals surface area contributed by atoms with E-state index < -0.39 is 0 Å². The van der Waals surface area contributed by atoms with Crippen molar-refractivity contribution in [3.8, 4) is 11.5 Å². The normalized spacial score (nSPS) is 14.2. The van der Waals surface area contributed by atoms with Crippen molar-refractivity contribution in [1.82, 2.24) is 15.1 Å². The molecule has 0 aliphatic carbocycles. The molecule has 1 aliphatic heterocycles. The molecule has 2 heterocycles. The number of amides is 2. The summed E-state index contributed by atoms with van der Waals surface area (Å²) in [6, 6.07) is 7.46. The number of rotatable bonds is 12. The molecule has 0 radical (unpaired) electrons. The smallest absolute Gasteiger partial charge is 0.249 e. The number of carbonyl (C=O) groups excluding carboxylic acids is 2. The maximum Gasteiger partial charge on any atom is 0.249 e. The molecule has 1 aromatic carbocycles. The van der Waals surface area contributed by atoms with Crippen molar-refractivity contribution < 1.29 is 14.0 Å². The van der Waals surface area contributed by atoms with Crippen LogP contribution in [0.5, 0.6) is 0 Å². The van der Waals surface area contributed by atoms with Gasteiger partial charge in [-0.05, 0) is 25.0 Å². The molecule has 2 aromatic rings. The summed E-state index contributed by atoms with van der Waals surface area (Å²) in [5, 5.41) is 8.83. The number of imide groups is 1. The van der Waals surface area contributed by atoms with Gasteiger partial charge in [-0.3, -0.25) is 14.5 Å². The first-order valence-corrected chi connectivity index (χ1v) is 10.9. The second-order valence-corrected chi connectivity index (χ2v) is 7.91. The largest absolute Gasteiger partial charge is 0.421 e. The van der Waals surface area contributed by atoms with Crippen LogP contribution in [-0.4, -0.2) is 33.5 Å². The molecule has 0 N–H and O–H groups in total. The number of aryl methyl sites for hydroxylation is 1. The molecule has 0 unspecified atom stereocenters. The zero-order valence-corrected chi connectivity index (χ0v) is 17.5. The number of carbonyl (C=O) groups is 2. The maximum absolute atomic E-state index is 11.5. The van der Waals surface area contributed by atoms with Crippen LogP contribution in [0.3, 0.4) is 0 Å².